The molecule has 0 saturated heterocycles. The van der Waals surface area contributed by atoms with E-state index in [0.717, 1.165) is 22.6 Å². The molecule has 0 aromatic heterocycles. The first-order chi connectivity index (χ1) is 9.24. The standard InChI is InChI=1S/C15H22F3NO/c1-10-7-8-13(12(3)14(10)20-4)19-11(2)6-5-9-15(16,17)18/h7-8,11,19H,5-6,9H2,1-4H3. The molecular weight excluding hydrogens is 267 g/mol. The van der Waals surface area contributed by atoms with Crippen LogP contribution in [0.1, 0.15) is 37.3 Å². The molecule has 1 N–H and O–H groups in total. The molecule has 1 aromatic carbocycles. The highest BCUT2D eigenvalue weighted by Crippen LogP contribution is 2.30. The number of benzene rings is 1. The maximum atomic E-state index is 12.1. The van der Waals surface area contributed by atoms with E-state index in [4.69, 9.17) is 4.74 Å². The third kappa shape index (κ3) is 4.94. The Hall–Kier alpha value is -1.39. The van der Waals surface area contributed by atoms with Gasteiger partial charge in [-0.2, -0.15) is 13.2 Å². The number of anilines is 1. The van der Waals surface area contributed by atoms with Crippen LogP contribution >= 0.6 is 0 Å². The van der Waals surface area contributed by atoms with Crippen molar-refractivity contribution in [1.29, 1.82) is 0 Å². The second-order valence-electron chi connectivity index (χ2n) is 5.14. The molecular formula is C15H22F3NO. The first-order valence-electron chi connectivity index (χ1n) is 6.72. The Morgan fingerprint density at radius 3 is 2.45 bits per heavy atom. The summed E-state index contributed by atoms with van der Waals surface area (Å²) in [5, 5.41) is 3.25. The quantitative estimate of drug-likeness (QED) is 0.808. The lowest BCUT2D eigenvalue weighted by Gasteiger charge is -2.19. The highest BCUT2D eigenvalue weighted by atomic mass is 19.4. The largest absolute Gasteiger partial charge is 0.496 e. The minimum atomic E-state index is -4.07. The van der Waals surface area contributed by atoms with E-state index in [-0.39, 0.29) is 12.5 Å². The molecule has 1 atom stereocenters. The summed E-state index contributed by atoms with van der Waals surface area (Å²) < 4.78 is 41.6. The van der Waals surface area contributed by atoms with Crippen LogP contribution in [-0.4, -0.2) is 19.3 Å². The zero-order valence-electron chi connectivity index (χ0n) is 12.4. The first kappa shape index (κ1) is 16.7. The molecule has 0 aliphatic rings. The number of ether oxygens (including phenoxy) is 1. The van der Waals surface area contributed by atoms with Crippen LogP contribution in [-0.2, 0) is 0 Å². The third-order valence-electron chi connectivity index (χ3n) is 3.31. The summed E-state index contributed by atoms with van der Waals surface area (Å²) in [6, 6.07) is 3.87. The number of hydrogen-bond acceptors (Lipinski definition) is 2. The van der Waals surface area contributed by atoms with Crippen LogP contribution < -0.4 is 10.1 Å². The summed E-state index contributed by atoms with van der Waals surface area (Å²) in [4.78, 5) is 0. The molecule has 114 valence electrons. The molecule has 0 aliphatic heterocycles. The molecule has 0 fully saturated rings. The van der Waals surface area contributed by atoms with Gasteiger partial charge in [-0.1, -0.05) is 6.07 Å². The van der Waals surface area contributed by atoms with Gasteiger partial charge >= 0.3 is 6.18 Å². The van der Waals surface area contributed by atoms with Gasteiger partial charge in [0, 0.05) is 23.7 Å². The van der Waals surface area contributed by atoms with E-state index in [1.165, 1.54) is 0 Å². The molecule has 0 bridgehead atoms. The van der Waals surface area contributed by atoms with Gasteiger partial charge in [-0.05, 0) is 45.2 Å². The number of methoxy groups -OCH3 is 1. The number of alkyl halides is 3. The monoisotopic (exact) mass is 289 g/mol. The Morgan fingerprint density at radius 2 is 1.90 bits per heavy atom. The van der Waals surface area contributed by atoms with E-state index in [1.807, 2.05) is 32.9 Å². The van der Waals surface area contributed by atoms with Gasteiger partial charge in [0.1, 0.15) is 5.75 Å². The number of hydrogen-bond donors (Lipinski definition) is 1. The van der Waals surface area contributed by atoms with Crippen molar-refractivity contribution in [2.24, 2.45) is 0 Å². The predicted molar refractivity (Wildman–Crippen MR) is 75.5 cm³/mol. The Balaban J connectivity index is 2.60. The van der Waals surface area contributed by atoms with E-state index >= 15 is 0 Å². The normalized spacial score (nSPS) is 13.2. The third-order valence-corrected chi connectivity index (χ3v) is 3.31. The summed E-state index contributed by atoms with van der Waals surface area (Å²) in [5.74, 6) is 0.817. The smallest absolute Gasteiger partial charge is 0.389 e. The number of aryl methyl sites for hydroxylation is 1. The topological polar surface area (TPSA) is 21.3 Å². The Bertz CT molecular complexity index is 443. The summed E-state index contributed by atoms with van der Waals surface area (Å²) in [7, 11) is 1.62. The molecule has 2 nitrogen and oxygen atoms in total. The van der Waals surface area contributed by atoms with Crippen LogP contribution in [0.15, 0.2) is 12.1 Å². The zero-order chi connectivity index (χ0) is 15.3. The molecule has 1 rings (SSSR count). The summed E-state index contributed by atoms with van der Waals surface area (Å²) in [5.41, 5.74) is 2.93. The average molecular weight is 289 g/mol. The first-order valence-corrected chi connectivity index (χ1v) is 6.72. The fourth-order valence-electron chi connectivity index (χ4n) is 2.24. The fourth-order valence-corrected chi connectivity index (χ4v) is 2.24. The van der Waals surface area contributed by atoms with E-state index in [1.54, 1.807) is 7.11 Å². The minimum absolute atomic E-state index is 0.0107. The molecule has 0 spiro atoms. The van der Waals surface area contributed by atoms with Crippen LogP contribution in [0.25, 0.3) is 0 Å². The van der Waals surface area contributed by atoms with Gasteiger partial charge in [0.05, 0.1) is 7.11 Å². The van der Waals surface area contributed by atoms with Crippen molar-refractivity contribution in [1.82, 2.24) is 0 Å². The van der Waals surface area contributed by atoms with Gasteiger partial charge < -0.3 is 10.1 Å². The lowest BCUT2D eigenvalue weighted by Crippen LogP contribution is -2.17. The van der Waals surface area contributed by atoms with Crippen molar-refractivity contribution in [3.05, 3.63) is 23.3 Å². The predicted octanol–water partition coefficient (Wildman–Crippen LogP) is 4.85. The van der Waals surface area contributed by atoms with E-state index < -0.39 is 12.6 Å². The van der Waals surface area contributed by atoms with Crippen molar-refractivity contribution in [3.63, 3.8) is 0 Å². The van der Waals surface area contributed by atoms with Gasteiger partial charge in [0.15, 0.2) is 0 Å². The second-order valence-corrected chi connectivity index (χ2v) is 5.14. The van der Waals surface area contributed by atoms with Gasteiger partial charge in [-0.15, -0.1) is 0 Å². The molecule has 20 heavy (non-hydrogen) atoms. The Morgan fingerprint density at radius 1 is 1.25 bits per heavy atom. The molecule has 0 saturated carbocycles. The second kappa shape index (κ2) is 6.86. The van der Waals surface area contributed by atoms with E-state index in [0.29, 0.717) is 6.42 Å². The van der Waals surface area contributed by atoms with Crippen LogP contribution in [0.5, 0.6) is 5.75 Å². The number of rotatable bonds is 6. The summed E-state index contributed by atoms with van der Waals surface area (Å²) in [6.07, 6.45) is -4.17. The molecule has 0 aliphatic carbocycles. The average Bonchev–Trinajstić information content (AvgIpc) is 2.32. The number of halogens is 3. The minimum Gasteiger partial charge on any atom is -0.496 e. The highest BCUT2D eigenvalue weighted by Gasteiger charge is 2.26. The zero-order valence-corrected chi connectivity index (χ0v) is 12.4. The molecule has 1 aromatic rings. The van der Waals surface area contributed by atoms with Crippen LogP contribution in [0.2, 0.25) is 0 Å². The van der Waals surface area contributed by atoms with Crippen LogP contribution in [0.4, 0.5) is 18.9 Å². The van der Waals surface area contributed by atoms with Crippen molar-refractivity contribution >= 4 is 5.69 Å². The van der Waals surface area contributed by atoms with Crippen LogP contribution in [0, 0.1) is 13.8 Å². The Labute approximate surface area is 118 Å². The molecule has 0 amide bonds. The van der Waals surface area contributed by atoms with E-state index in [9.17, 15) is 13.2 Å². The summed E-state index contributed by atoms with van der Waals surface area (Å²) in [6.45, 7) is 5.79. The highest BCUT2D eigenvalue weighted by molar-refractivity contribution is 5.59. The Kier molecular flexibility index (Phi) is 5.72. The maximum Gasteiger partial charge on any atom is 0.389 e. The fraction of sp³-hybridized carbons (Fsp3) is 0.600. The summed E-state index contributed by atoms with van der Waals surface area (Å²) >= 11 is 0. The van der Waals surface area contributed by atoms with Gasteiger partial charge in [-0.3, -0.25) is 0 Å². The SMILES string of the molecule is COc1c(C)ccc(NC(C)CCCC(F)(F)F)c1C. The lowest BCUT2D eigenvalue weighted by atomic mass is 10.1. The molecule has 1 unspecified atom stereocenters. The number of nitrogens with one attached hydrogen (secondary N) is 1. The van der Waals surface area contributed by atoms with Crippen molar-refractivity contribution in [2.75, 3.05) is 12.4 Å². The van der Waals surface area contributed by atoms with Crippen molar-refractivity contribution < 1.29 is 17.9 Å². The van der Waals surface area contributed by atoms with Gasteiger partial charge in [-0.25, -0.2) is 0 Å². The van der Waals surface area contributed by atoms with Crippen molar-refractivity contribution in [3.8, 4) is 5.75 Å². The van der Waals surface area contributed by atoms with E-state index in [2.05, 4.69) is 5.32 Å². The molecule has 0 heterocycles. The van der Waals surface area contributed by atoms with Gasteiger partial charge in [0.25, 0.3) is 0 Å². The van der Waals surface area contributed by atoms with Crippen LogP contribution in [0.3, 0.4) is 0 Å². The van der Waals surface area contributed by atoms with Gasteiger partial charge in [0.2, 0.25) is 0 Å². The van der Waals surface area contributed by atoms with Crippen molar-refractivity contribution in [2.45, 2.75) is 52.3 Å². The molecule has 5 heteroatoms. The maximum absolute atomic E-state index is 12.1. The molecule has 0 radical (unpaired) electrons. The lowest BCUT2D eigenvalue weighted by molar-refractivity contribution is -0.135.